The molecule has 4 heteroatoms. The molecule has 14 heavy (non-hydrogen) atoms. The van der Waals surface area contributed by atoms with Crippen LogP contribution in [0.15, 0.2) is 0 Å². The fourth-order valence-electron chi connectivity index (χ4n) is 1.18. The second-order valence-electron chi connectivity index (χ2n) is 3.22. The Morgan fingerprint density at radius 1 is 1.36 bits per heavy atom. The predicted molar refractivity (Wildman–Crippen MR) is 62.6 cm³/mol. The van der Waals surface area contributed by atoms with E-state index < -0.39 is 0 Å². The number of carbonyl (C=O) groups is 1. The average Bonchev–Trinajstić information content (AvgIpc) is 2.13. The molecule has 0 aliphatic heterocycles. The van der Waals surface area contributed by atoms with Gasteiger partial charge in [-0.2, -0.15) is 0 Å². The van der Waals surface area contributed by atoms with E-state index in [1.807, 2.05) is 6.92 Å². The fourth-order valence-corrected chi connectivity index (χ4v) is 3.44. The third-order valence-electron chi connectivity index (χ3n) is 1.94. The van der Waals surface area contributed by atoms with E-state index in [1.165, 1.54) is 18.2 Å². The molecular weight excluding hydrogens is 310 g/mol. The molecule has 2 nitrogen and oxygen atoms in total. The van der Waals surface area contributed by atoms with Crippen LogP contribution in [0.3, 0.4) is 0 Å². The Labute approximate surface area is 103 Å². The summed E-state index contributed by atoms with van der Waals surface area (Å²) in [4.78, 5) is 11.7. The molecule has 0 radical (unpaired) electrons. The number of hydrogen-bond donors (Lipinski definition) is 0. The Morgan fingerprint density at radius 3 is 2.64 bits per heavy atom. The zero-order valence-corrected chi connectivity index (χ0v) is 12.5. The molecule has 0 saturated heterocycles. The van der Waals surface area contributed by atoms with Gasteiger partial charge in [-0.1, -0.05) is 0 Å². The molecule has 0 aromatic heterocycles. The molecule has 0 aliphatic rings. The zero-order chi connectivity index (χ0) is 10.8. The molecule has 0 bridgehead atoms. The van der Waals surface area contributed by atoms with E-state index in [0.29, 0.717) is 13.0 Å². The van der Waals surface area contributed by atoms with Gasteiger partial charge in [-0.25, -0.2) is 0 Å². The van der Waals surface area contributed by atoms with Crippen molar-refractivity contribution >= 4 is 38.0 Å². The molecule has 1 atom stereocenters. The number of hydrogen-bond acceptors (Lipinski definition) is 2. The Balaban J connectivity index is 3.24. The molecule has 0 aromatic carbocycles. The van der Waals surface area contributed by atoms with Crippen LogP contribution in [0.4, 0.5) is 0 Å². The molecule has 0 fully saturated rings. The van der Waals surface area contributed by atoms with Gasteiger partial charge < -0.3 is 0 Å². The number of ether oxygens (including phenoxy) is 1. The summed E-state index contributed by atoms with van der Waals surface area (Å²) in [6.07, 6.45) is 5.13. The summed E-state index contributed by atoms with van der Waals surface area (Å²) in [6, 6.07) is 0. The molecule has 0 rings (SSSR count). The van der Waals surface area contributed by atoms with Crippen molar-refractivity contribution in [2.45, 2.75) is 49.2 Å². The number of esters is 1. The van der Waals surface area contributed by atoms with Crippen molar-refractivity contribution in [3.8, 4) is 0 Å². The van der Waals surface area contributed by atoms with Crippen LogP contribution in [0.1, 0.15) is 39.0 Å². The number of unbranched alkanes of at least 4 members (excludes halogenated alkanes) is 1. The topological polar surface area (TPSA) is 26.3 Å². The third kappa shape index (κ3) is 9.08. The first-order valence-electron chi connectivity index (χ1n) is 5.15. The Bertz CT molecular complexity index is 151. The van der Waals surface area contributed by atoms with Gasteiger partial charge in [0.2, 0.25) is 0 Å². The van der Waals surface area contributed by atoms with Gasteiger partial charge in [-0.3, -0.25) is 0 Å². The SMILES string of the molecule is CCOC(=O)CCCCC([SeH])CC[SeH]. The summed E-state index contributed by atoms with van der Waals surface area (Å²) in [5.41, 5.74) is 0. The molecule has 0 saturated carbocycles. The summed E-state index contributed by atoms with van der Waals surface area (Å²) in [5, 5.41) is 1.18. The zero-order valence-electron chi connectivity index (χ0n) is 8.74. The van der Waals surface area contributed by atoms with E-state index in [2.05, 4.69) is 32.0 Å². The molecule has 0 heterocycles. The van der Waals surface area contributed by atoms with Gasteiger partial charge in [-0.15, -0.1) is 0 Å². The summed E-state index contributed by atoms with van der Waals surface area (Å²) in [6.45, 7) is 2.34. The summed E-state index contributed by atoms with van der Waals surface area (Å²) in [7, 11) is 0. The first kappa shape index (κ1) is 14.5. The molecule has 0 spiro atoms. The van der Waals surface area contributed by atoms with Crippen molar-refractivity contribution in [3.63, 3.8) is 0 Å². The van der Waals surface area contributed by atoms with Gasteiger partial charge in [0.15, 0.2) is 0 Å². The molecule has 1 unspecified atom stereocenters. The van der Waals surface area contributed by atoms with E-state index in [1.54, 1.807) is 0 Å². The van der Waals surface area contributed by atoms with Crippen LogP contribution in [0, 0.1) is 0 Å². The van der Waals surface area contributed by atoms with Crippen LogP contribution in [-0.4, -0.2) is 44.6 Å². The maximum absolute atomic E-state index is 11.0. The number of rotatable bonds is 8. The second kappa shape index (κ2) is 10.0. The van der Waals surface area contributed by atoms with Crippen molar-refractivity contribution in [2.24, 2.45) is 0 Å². The Hall–Kier alpha value is 0.509. The van der Waals surface area contributed by atoms with Crippen LogP contribution < -0.4 is 0 Å². The van der Waals surface area contributed by atoms with E-state index in [-0.39, 0.29) is 5.97 Å². The second-order valence-corrected chi connectivity index (χ2v) is 5.69. The molecule has 0 aromatic rings. The van der Waals surface area contributed by atoms with Crippen LogP contribution in [0.2, 0.25) is 10.1 Å². The standard InChI is InChI=1S/C10H20O2Se2/c1-2-12-10(11)6-4-3-5-9(14)7-8-13/h9,13-14H,2-8H2,1H3. The predicted octanol–water partition coefficient (Wildman–Crippen LogP) is 1.51. The van der Waals surface area contributed by atoms with Gasteiger partial charge in [0, 0.05) is 0 Å². The van der Waals surface area contributed by atoms with Gasteiger partial charge in [0.25, 0.3) is 0 Å². The first-order valence-corrected chi connectivity index (χ1v) is 7.56. The first-order chi connectivity index (χ1) is 6.70. The molecule has 0 amide bonds. The summed E-state index contributed by atoms with van der Waals surface area (Å²) < 4.78 is 4.85. The van der Waals surface area contributed by atoms with Crippen LogP contribution in [0.5, 0.6) is 0 Å². The van der Waals surface area contributed by atoms with Crippen molar-refractivity contribution < 1.29 is 9.53 Å². The van der Waals surface area contributed by atoms with Crippen LogP contribution in [0.25, 0.3) is 0 Å². The average molecular weight is 330 g/mol. The molecule has 84 valence electrons. The maximum atomic E-state index is 11.0. The minimum absolute atomic E-state index is 0.0539. The molecule has 0 N–H and O–H groups in total. The number of carbonyl (C=O) groups excluding carboxylic acids is 1. The van der Waals surface area contributed by atoms with Crippen molar-refractivity contribution in [2.75, 3.05) is 6.61 Å². The normalized spacial score (nSPS) is 12.5. The van der Waals surface area contributed by atoms with Crippen molar-refractivity contribution in [1.29, 1.82) is 0 Å². The van der Waals surface area contributed by atoms with Crippen molar-refractivity contribution in [1.82, 2.24) is 0 Å². The van der Waals surface area contributed by atoms with Gasteiger partial charge in [0.1, 0.15) is 0 Å². The van der Waals surface area contributed by atoms with Gasteiger partial charge in [-0.05, 0) is 0 Å². The van der Waals surface area contributed by atoms with Crippen molar-refractivity contribution in [3.05, 3.63) is 0 Å². The van der Waals surface area contributed by atoms with E-state index >= 15 is 0 Å². The molecular formula is C10H20O2Se2. The van der Waals surface area contributed by atoms with Crippen LogP contribution >= 0.6 is 0 Å². The summed E-state index contributed by atoms with van der Waals surface area (Å²) >= 11 is 5.33. The van der Waals surface area contributed by atoms with Crippen LogP contribution in [-0.2, 0) is 9.53 Å². The van der Waals surface area contributed by atoms with Gasteiger partial charge >= 0.3 is 103 Å². The summed E-state index contributed by atoms with van der Waals surface area (Å²) in [5.74, 6) is -0.0539. The Morgan fingerprint density at radius 2 is 2.07 bits per heavy atom. The molecule has 0 aliphatic carbocycles. The Kier molecular flexibility index (Phi) is 10.4. The third-order valence-corrected chi connectivity index (χ3v) is 3.56. The van der Waals surface area contributed by atoms with E-state index in [0.717, 1.165) is 17.7 Å². The quantitative estimate of drug-likeness (QED) is 0.383. The minimum atomic E-state index is -0.0539. The van der Waals surface area contributed by atoms with E-state index in [4.69, 9.17) is 4.74 Å². The van der Waals surface area contributed by atoms with E-state index in [9.17, 15) is 4.79 Å². The monoisotopic (exact) mass is 332 g/mol. The van der Waals surface area contributed by atoms with Gasteiger partial charge in [0.05, 0.1) is 0 Å². The fraction of sp³-hybridized carbons (Fsp3) is 0.900.